The fraction of sp³-hybridized carbons (Fsp3) is 0.900. The van der Waals surface area contributed by atoms with Gasteiger partial charge in [-0.05, 0) is 98.7 Å². The molecule has 7 heteroatoms. The molecule has 0 aliphatic heterocycles. The molecule has 0 unspecified atom stereocenters. The minimum atomic E-state index is -0.434. The lowest BCUT2D eigenvalue weighted by atomic mass is 9.43. The van der Waals surface area contributed by atoms with Gasteiger partial charge in [-0.3, -0.25) is 14.4 Å². The van der Waals surface area contributed by atoms with Crippen LogP contribution in [0.3, 0.4) is 0 Å². The Kier molecular flexibility index (Phi) is 8.33. The standard InChI is InChI=1S/C30H48O7/c1-7-35-27(34)11-8-17(2)22-9-10-23-28-24(16-26(33)30(22,23)6)29(5)13-12-21(36-18(3)31)14-20(29)15-25(28)37-19(4)32/h17,20-26,28,33H,7-16H2,1-6H3/t17-,20+,21+,22-,23+,24-,25+,26-,28+,29-,30+/m0/s1. The van der Waals surface area contributed by atoms with Gasteiger partial charge in [-0.25, -0.2) is 0 Å². The third kappa shape index (κ3) is 5.18. The van der Waals surface area contributed by atoms with E-state index >= 15 is 0 Å². The Morgan fingerprint density at radius 1 is 0.973 bits per heavy atom. The first-order valence-corrected chi connectivity index (χ1v) is 14.6. The summed E-state index contributed by atoms with van der Waals surface area (Å²) in [5, 5.41) is 11.8. The summed E-state index contributed by atoms with van der Waals surface area (Å²) in [6, 6.07) is 0. The van der Waals surface area contributed by atoms with Crippen LogP contribution in [-0.2, 0) is 28.6 Å². The third-order valence-corrected chi connectivity index (χ3v) is 11.2. The van der Waals surface area contributed by atoms with Gasteiger partial charge in [0.25, 0.3) is 0 Å². The highest BCUT2D eigenvalue weighted by Crippen LogP contribution is 2.68. The molecule has 0 spiro atoms. The normalized spacial score (nSPS) is 43.5. The summed E-state index contributed by atoms with van der Waals surface area (Å²) in [5.74, 6) is 1.00. The van der Waals surface area contributed by atoms with E-state index in [4.69, 9.17) is 14.2 Å². The Balaban J connectivity index is 1.59. The fourth-order valence-electron chi connectivity index (χ4n) is 9.55. The predicted molar refractivity (Wildman–Crippen MR) is 138 cm³/mol. The van der Waals surface area contributed by atoms with E-state index in [9.17, 15) is 19.5 Å². The molecule has 37 heavy (non-hydrogen) atoms. The van der Waals surface area contributed by atoms with Crippen LogP contribution < -0.4 is 0 Å². The summed E-state index contributed by atoms with van der Waals surface area (Å²) in [4.78, 5) is 35.9. The highest BCUT2D eigenvalue weighted by Gasteiger charge is 2.66. The van der Waals surface area contributed by atoms with Crippen LogP contribution in [0.15, 0.2) is 0 Å². The van der Waals surface area contributed by atoms with Gasteiger partial charge in [0, 0.05) is 26.2 Å². The van der Waals surface area contributed by atoms with Crippen LogP contribution in [0.2, 0.25) is 0 Å². The third-order valence-electron chi connectivity index (χ3n) is 11.2. The van der Waals surface area contributed by atoms with Gasteiger partial charge in [0.05, 0.1) is 12.7 Å². The number of esters is 3. The van der Waals surface area contributed by atoms with Crippen molar-refractivity contribution in [2.45, 2.75) is 118 Å². The van der Waals surface area contributed by atoms with Crippen molar-refractivity contribution in [3.8, 4) is 0 Å². The minimum absolute atomic E-state index is 0.0217. The Hall–Kier alpha value is -1.63. The van der Waals surface area contributed by atoms with Gasteiger partial charge in [0.15, 0.2) is 0 Å². The van der Waals surface area contributed by atoms with Crippen molar-refractivity contribution in [3.05, 3.63) is 0 Å². The van der Waals surface area contributed by atoms with Gasteiger partial charge in [0.1, 0.15) is 12.2 Å². The maximum absolute atomic E-state index is 12.3. The van der Waals surface area contributed by atoms with Crippen LogP contribution in [0.1, 0.15) is 99.3 Å². The molecule has 0 aromatic heterocycles. The average Bonchev–Trinajstić information content (AvgIpc) is 3.17. The molecule has 1 N–H and O–H groups in total. The first kappa shape index (κ1) is 28.4. The molecule has 7 nitrogen and oxygen atoms in total. The van der Waals surface area contributed by atoms with Crippen molar-refractivity contribution >= 4 is 17.9 Å². The predicted octanol–water partition coefficient (Wildman–Crippen LogP) is 5.07. The minimum Gasteiger partial charge on any atom is -0.466 e. The number of hydrogen-bond donors (Lipinski definition) is 1. The first-order chi connectivity index (χ1) is 17.4. The zero-order valence-corrected chi connectivity index (χ0v) is 23.7. The van der Waals surface area contributed by atoms with Crippen molar-refractivity contribution in [2.24, 2.45) is 46.3 Å². The van der Waals surface area contributed by atoms with E-state index in [1.54, 1.807) is 0 Å². The van der Waals surface area contributed by atoms with Gasteiger partial charge in [-0.15, -0.1) is 0 Å². The van der Waals surface area contributed by atoms with Crippen LogP contribution in [0.25, 0.3) is 0 Å². The van der Waals surface area contributed by atoms with Crippen LogP contribution in [0.5, 0.6) is 0 Å². The van der Waals surface area contributed by atoms with Crippen LogP contribution in [0.4, 0.5) is 0 Å². The number of aliphatic hydroxyl groups excluding tert-OH is 1. The van der Waals surface area contributed by atoms with Gasteiger partial charge in [0.2, 0.25) is 0 Å². The molecule has 0 amide bonds. The molecule has 4 aliphatic rings. The molecule has 0 aromatic carbocycles. The largest absolute Gasteiger partial charge is 0.466 e. The molecule has 4 fully saturated rings. The van der Waals surface area contributed by atoms with Crippen molar-refractivity contribution in [1.29, 1.82) is 0 Å². The van der Waals surface area contributed by atoms with Crippen molar-refractivity contribution < 1.29 is 33.7 Å². The molecule has 0 saturated heterocycles. The molecular formula is C30H48O7. The first-order valence-electron chi connectivity index (χ1n) is 14.6. The number of rotatable bonds is 7. The smallest absolute Gasteiger partial charge is 0.305 e. The van der Waals surface area contributed by atoms with Crippen molar-refractivity contribution in [1.82, 2.24) is 0 Å². The van der Waals surface area contributed by atoms with Gasteiger partial charge >= 0.3 is 17.9 Å². The van der Waals surface area contributed by atoms with E-state index in [2.05, 4.69) is 20.8 Å². The molecular weight excluding hydrogens is 472 g/mol. The SMILES string of the molecule is CCOC(=O)CC[C@H](C)[C@@H]1CC[C@@H]2[C@H]3[C@H](OC(C)=O)C[C@H]4C[C@H](OC(C)=O)CC[C@]4(C)[C@H]3C[C@H](O)[C@@]21C. The van der Waals surface area contributed by atoms with Crippen molar-refractivity contribution in [2.75, 3.05) is 6.61 Å². The lowest BCUT2D eigenvalue weighted by molar-refractivity contribution is -0.218. The fourth-order valence-corrected chi connectivity index (χ4v) is 9.55. The maximum atomic E-state index is 12.3. The zero-order valence-electron chi connectivity index (χ0n) is 23.7. The molecule has 0 heterocycles. The molecule has 11 atom stereocenters. The van der Waals surface area contributed by atoms with Crippen molar-refractivity contribution in [3.63, 3.8) is 0 Å². The summed E-state index contributed by atoms with van der Waals surface area (Å²) < 4.78 is 16.8. The Bertz CT molecular complexity index is 872. The van der Waals surface area contributed by atoms with Gasteiger partial charge in [-0.2, -0.15) is 0 Å². The van der Waals surface area contributed by atoms with E-state index in [0.29, 0.717) is 31.3 Å². The lowest BCUT2D eigenvalue weighted by Crippen LogP contribution is -2.63. The number of carbonyl (C=O) groups excluding carboxylic acids is 3. The summed E-state index contributed by atoms with van der Waals surface area (Å²) in [6.07, 6.45) is 6.61. The van der Waals surface area contributed by atoms with E-state index in [0.717, 1.165) is 44.9 Å². The summed E-state index contributed by atoms with van der Waals surface area (Å²) in [5.41, 5.74) is -0.250. The second-order valence-electron chi connectivity index (χ2n) is 13.0. The van der Waals surface area contributed by atoms with Gasteiger partial charge < -0.3 is 19.3 Å². The van der Waals surface area contributed by atoms with Crippen LogP contribution in [-0.4, -0.2) is 47.9 Å². The highest BCUT2D eigenvalue weighted by molar-refractivity contribution is 5.69. The monoisotopic (exact) mass is 520 g/mol. The van der Waals surface area contributed by atoms with E-state index in [1.807, 2.05) is 6.92 Å². The van der Waals surface area contributed by atoms with Crippen LogP contribution in [0, 0.1) is 46.3 Å². The molecule has 4 rings (SSSR count). The second kappa shape index (κ2) is 10.9. The van der Waals surface area contributed by atoms with E-state index in [1.165, 1.54) is 13.8 Å². The average molecular weight is 521 g/mol. The zero-order chi connectivity index (χ0) is 27.1. The summed E-state index contributed by atoms with van der Waals surface area (Å²) in [6.45, 7) is 12.0. The summed E-state index contributed by atoms with van der Waals surface area (Å²) in [7, 11) is 0. The number of carbonyl (C=O) groups is 3. The number of aliphatic hydroxyl groups is 1. The molecule has 4 saturated carbocycles. The second-order valence-corrected chi connectivity index (χ2v) is 13.0. The molecule has 0 radical (unpaired) electrons. The number of hydrogen-bond acceptors (Lipinski definition) is 7. The van der Waals surface area contributed by atoms with Gasteiger partial charge in [-0.1, -0.05) is 20.8 Å². The molecule has 0 bridgehead atoms. The molecule has 4 aliphatic carbocycles. The quantitative estimate of drug-likeness (QED) is 0.370. The Morgan fingerprint density at radius 3 is 2.32 bits per heavy atom. The number of fused-ring (bicyclic) bond motifs is 5. The maximum Gasteiger partial charge on any atom is 0.305 e. The number of ether oxygens (including phenoxy) is 3. The van der Waals surface area contributed by atoms with E-state index in [-0.39, 0.29) is 64.6 Å². The Morgan fingerprint density at radius 2 is 1.68 bits per heavy atom. The Labute approximate surface area is 222 Å². The highest BCUT2D eigenvalue weighted by atomic mass is 16.5. The van der Waals surface area contributed by atoms with E-state index < -0.39 is 6.10 Å². The lowest BCUT2D eigenvalue weighted by Gasteiger charge is -2.64. The summed E-state index contributed by atoms with van der Waals surface area (Å²) >= 11 is 0. The van der Waals surface area contributed by atoms with Crippen LogP contribution >= 0.6 is 0 Å². The topological polar surface area (TPSA) is 99.1 Å². The molecule has 210 valence electrons. The molecule has 0 aromatic rings.